The van der Waals surface area contributed by atoms with Gasteiger partial charge in [-0.25, -0.2) is 4.98 Å². The number of hydrogen-bond acceptors (Lipinski definition) is 3. The Labute approximate surface area is 98.2 Å². The number of aromatic nitrogens is 3. The van der Waals surface area contributed by atoms with Gasteiger partial charge in [0.15, 0.2) is 0 Å². The fourth-order valence-electron chi connectivity index (χ4n) is 1.97. The van der Waals surface area contributed by atoms with Crippen LogP contribution in [0.25, 0.3) is 16.9 Å². The summed E-state index contributed by atoms with van der Waals surface area (Å²) in [5.41, 5.74) is 3.44. The first-order valence-electron chi connectivity index (χ1n) is 5.37. The molecule has 0 fully saturated rings. The van der Waals surface area contributed by atoms with Gasteiger partial charge in [-0.3, -0.25) is 9.38 Å². The molecule has 17 heavy (non-hydrogen) atoms. The third-order valence-corrected chi connectivity index (χ3v) is 2.71. The lowest BCUT2D eigenvalue weighted by Crippen LogP contribution is -1.91. The zero-order valence-corrected chi connectivity index (χ0v) is 9.11. The van der Waals surface area contributed by atoms with Gasteiger partial charge in [-0.1, -0.05) is 6.07 Å². The second kappa shape index (κ2) is 3.99. The molecule has 0 unspecified atom stereocenters. The lowest BCUT2D eigenvalue weighted by molar-refractivity contribution is 0.278. The van der Waals surface area contributed by atoms with Crippen molar-refractivity contribution < 1.29 is 5.11 Å². The van der Waals surface area contributed by atoms with E-state index in [0.29, 0.717) is 5.69 Å². The smallest absolute Gasteiger partial charge is 0.137 e. The van der Waals surface area contributed by atoms with E-state index in [-0.39, 0.29) is 6.61 Å². The van der Waals surface area contributed by atoms with Gasteiger partial charge >= 0.3 is 0 Å². The number of imidazole rings is 1. The molecule has 0 atom stereocenters. The normalized spacial score (nSPS) is 10.9. The molecule has 3 heterocycles. The Bertz CT molecular complexity index is 646. The molecule has 0 aliphatic carbocycles. The second-order valence-electron chi connectivity index (χ2n) is 3.73. The van der Waals surface area contributed by atoms with Crippen molar-refractivity contribution in [3.63, 3.8) is 0 Å². The first-order chi connectivity index (χ1) is 8.40. The van der Waals surface area contributed by atoms with Crippen LogP contribution in [0.4, 0.5) is 0 Å². The maximum Gasteiger partial charge on any atom is 0.137 e. The Hall–Kier alpha value is -2.20. The van der Waals surface area contributed by atoms with Gasteiger partial charge in [0.05, 0.1) is 18.0 Å². The van der Waals surface area contributed by atoms with Crippen molar-refractivity contribution in [1.29, 1.82) is 0 Å². The summed E-state index contributed by atoms with van der Waals surface area (Å²) in [6.45, 7) is -0.0701. The van der Waals surface area contributed by atoms with Crippen LogP contribution in [-0.2, 0) is 6.61 Å². The quantitative estimate of drug-likeness (QED) is 0.724. The molecule has 0 spiro atoms. The van der Waals surface area contributed by atoms with Crippen LogP contribution in [0, 0.1) is 0 Å². The van der Waals surface area contributed by atoms with Crippen molar-refractivity contribution >= 4 is 5.65 Å². The largest absolute Gasteiger partial charge is 0.390 e. The van der Waals surface area contributed by atoms with Crippen LogP contribution >= 0.6 is 0 Å². The lowest BCUT2D eigenvalue weighted by atomic mass is 10.1. The summed E-state index contributed by atoms with van der Waals surface area (Å²) in [6, 6.07) is 9.62. The average molecular weight is 225 g/mol. The lowest BCUT2D eigenvalue weighted by Gasteiger charge is -2.03. The Morgan fingerprint density at radius 2 is 1.94 bits per heavy atom. The predicted molar refractivity (Wildman–Crippen MR) is 64.3 cm³/mol. The van der Waals surface area contributed by atoms with Crippen molar-refractivity contribution in [2.24, 2.45) is 0 Å². The zero-order valence-electron chi connectivity index (χ0n) is 9.11. The molecule has 0 aliphatic heterocycles. The molecule has 84 valence electrons. The Balaban J connectivity index is 2.34. The summed E-state index contributed by atoms with van der Waals surface area (Å²) in [4.78, 5) is 8.40. The van der Waals surface area contributed by atoms with Gasteiger partial charge < -0.3 is 5.11 Å². The first-order valence-corrected chi connectivity index (χ1v) is 5.37. The zero-order chi connectivity index (χ0) is 11.7. The van der Waals surface area contributed by atoms with Gasteiger partial charge in [0, 0.05) is 24.2 Å². The van der Waals surface area contributed by atoms with Crippen LogP contribution in [0.2, 0.25) is 0 Å². The highest BCUT2D eigenvalue weighted by atomic mass is 16.3. The van der Waals surface area contributed by atoms with Crippen molar-refractivity contribution in [2.75, 3.05) is 0 Å². The van der Waals surface area contributed by atoms with Crippen LogP contribution in [0.15, 0.2) is 48.9 Å². The molecule has 0 saturated heterocycles. The highest BCUT2D eigenvalue weighted by Gasteiger charge is 2.12. The third kappa shape index (κ3) is 1.59. The van der Waals surface area contributed by atoms with Gasteiger partial charge in [0.25, 0.3) is 0 Å². The molecule has 0 aromatic carbocycles. The van der Waals surface area contributed by atoms with Crippen LogP contribution in [0.5, 0.6) is 0 Å². The summed E-state index contributed by atoms with van der Waals surface area (Å²) in [6.07, 6.45) is 5.41. The monoisotopic (exact) mass is 225 g/mol. The van der Waals surface area contributed by atoms with E-state index in [1.807, 2.05) is 40.9 Å². The van der Waals surface area contributed by atoms with E-state index in [1.54, 1.807) is 12.4 Å². The molecule has 4 nitrogen and oxygen atoms in total. The van der Waals surface area contributed by atoms with Crippen LogP contribution in [0.1, 0.15) is 5.69 Å². The SMILES string of the molecule is OCc1nc2ccccn2c1-c1ccncc1. The number of aliphatic hydroxyl groups is 1. The molecule has 3 rings (SSSR count). The van der Waals surface area contributed by atoms with Crippen LogP contribution in [0.3, 0.4) is 0 Å². The van der Waals surface area contributed by atoms with Crippen molar-refractivity contribution in [2.45, 2.75) is 6.61 Å². The molecule has 0 saturated carbocycles. The molecule has 0 bridgehead atoms. The van der Waals surface area contributed by atoms with E-state index in [2.05, 4.69) is 9.97 Å². The van der Waals surface area contributed by atoms with Gasteiger partial charge in [-0.05, 0) is 24.3 Å². The van der Waals surface area contributed by atoms with E-state index in [0.717, 1.165) is 16.9 Å². The summed E-state index contributed by atoms with van der Waals surface area (Å²) in [7, 11) is 0. The molecule has 3 aromatic rings. The van der Waals surface area contributed by atoms with Gasteiger partial charge in [0.2, 0.25) is 0 Å². The standard InChI is InChI=1S/C13H11N3O/c17-9-11-13(10-4-6-14-7-5-10)16-8-2-1-3-12(16)15-11/h1-8,17H,9H2. The number of nitrogens with zero attached hydrogens (tertiary/aromatic N) is 3. The maximum atomic E-state index is 9.39. The fraction of sp³-hybridized carbons (Fsp3) is 0.0769. The predicted octanol–water partition coefficient (Wildman–Crippen LogP) is 1.89. The molecule has 4 heteroatoms. The molecule has 0 amide bonds. The van der Waals surface area contributed by atoms with Crippen LogP contribution in [-0.4, -0.2) is 19.5 Å². The summed E-state index contributed by atoms with van der Waals surface area (Å²) >= 11 is 0. The van der Waals surface area contributed by atoms with E-state index in [1.165, 1.54) is 0 Å². The van der Waals surface area contributed by atoms with Gasteiger partial charge in [-0.2, -0.15) is 0 Å². The molecule has 0 radical (unpaired) electrons. The molecule has 1 N–H and O–H groups in total. The minimum Gasteiger partial charge on any atom is -0.390 e. The van der Waals surface area contributed by atoms with Gasteiger partial charge in [-0.15, -0.1) is 0 Å². The summed E-state index contributed by atoms with van der Waals surface area (Å²) in [5, 5.41) is 9.39. The molecule has 0 aliphatic rings. The number of rotatable bonds is 2. The Morgan fingerprint density at radius 3 is 2.71 bits per heavy atom. The number of aliphatic hydroxyl groups excluding tert-OH is 1. The first kappa shape index (κ1) is 9.99. The Kier molecular flexibility index (Phi) is 2.34. The number of pyridine rings is 2. The maximum absolute atomic E-state index is 9.39. The molecular weight excluding hydrogens is 214 g/mol. The van der Waals surface area contributed by atoms with Crippen molar-refractivity contribution in [3.05, 3.63) is 54.6 Å². The molecular formula is C13H11N3O. The molecule has 3 aromatic heterocycles. The highest BCUT2D eigenvalue weighted by molar-refractivity contribution is 5.66. The average Bonchev–Trinajstić information content (AvgIpc) is 2.78. The minimum absolute atomic E-state index is 0.0701. The number of fused-ring (bicyclic) bond motifs is 1. The van der Waals surface area contributed by atoms with E-state index < -0.39 is 0 Å². The van der Waals surface area contributed by atoms with E-state index in [9.17, 15) is 5.11 Å². The Morgan fingerprint density at radius 1 is 1.12 bits per heavy atom. The van der Waals surface area contributed by atoms with Crippen molar-refractivity contribution in [3.8, 4) is 11.3 Å². The summed E-state index contributed by atoms with van der Waals surface area (Å²) < 4.78 is 1.97. The van der Waals surface area contributed by atoms with Gasteiger partial charge in [0.1, 0.15) is 5.65 Å². The number of hydrogen-bond donors (Lipinski definition) is 1. The summed E-state index contributed by atoms with van der Waals surface area (Å²) in [5.74, 6) is 0. The van der Waals surface area contributed by atoms with E-state index >= 15 is 0 Å². The second-order valence-corrected chi connectivity index (χ2v) is 3.73. The van der Waals surface area contributed by atoms with E-state index in [4.69, 9.17) is 0 Å². The highest BCUT2D eigenvalue weighted by Crippen LogP contribution is 2.24. The van der Waals surface area contributed by atoms with Crippen molar-refractivity contribution in [1.82, 2.24) is 14.4 Å². The topological polar surface area (TPSA) is 50.4 Å². The fourth-order valence-corrected chi connectivity index (χ4v) is 1.97. The third-order valence-electron chi connectivity index (χ3n) is 2.71. The van der Waals surface area contributed by atoms with Crippen LogP contribution < -0.4 is 0 Å². The minimum atomic E-state index is -0.0701.